The molecule has 1 atom stereocenters. The van der Waals surface area contributed by atoms with Gasteiger partial charge in [-0.3, -0.25) is 14.5 Å². The van der Waals surface area contributed by atoms with Gasteiger partial charge in [0.2, 0.25) is 0 Å². The van der Waals surface area contributed by atoms with Crippen LogP contribution in [0.25, 0.3) is 0 Å². The van der Waals surface area contributed by atoms with E-state index in [1.165, 1.54) is 20.3 Å². The van der Waals surface area contributed by atoms with Crippen molar-refractivity contribution >= 4 is 21.7 Å². The number of ether oxygens (including phenoxy) is 3. The summed E-state index contributed by atoms with van der Waals surface area (Å²) in [6.07, 6.45) is 1.06. The summed E-state index contributed by atoms with van der Waals surface area (Å²) < 4.78 is 40.5. The Morgan fingerprint density at radius 1 is 0.967 bits per heavy atom. The maximum Gasteiger partial charge on any atom is 0.265 e. The highest BCUT2D eigenvalue weighted by molar-refractivity contribution is 7.90. The fourth-order valence-corrected chi connectivity index (χ4v) is 4.42. The van der Waals surface area contributed by atoms with Gasteiger partial charge in [-0.1, -0.05) is 12.1 Å². The Balaban J connectivity index is 2.13. The molecule has 0 saturated heterocycles. The van der Waals surface area contributed by atoms with Crippen molar-refractivity contribution in [3.63, 3.8) is 0 Å². The number of rotatable bonds is 8. The average molecular weight is 433 g/mol. The van der Waals surface area contributed by atoms with E-state index in [-0.39, 0.29) is 16.9 Å². The van der Waals surface area contributed by atoms with Crippen LogP contribution in [-0.4, -0.2) is 58.0 Å². The van der Waals surface area contributed by atoms with Crippen molar-refractivity contribution < 1.29 is 32.2 Å². The number of hydrogen-bond donors (Lipinski definition) is 0. The molecule has 8 nitrogen and oxygen atoms in total. The largest absolute Gasteiger partial charge is 0.496 e. The lowest BCUT2D eigenvalue weighted by Gasteiger charge is -2.26. The number of amides is 2. The van der Waals surface area contributed by atoms with Crippen LogP contribution in [0, 0.1) is 0 Å². The number of nitrogens with zero attached hydrogens (tertiary/aromatic N) is 1. The summed E-state index contributed by atoms with van der Waals surface area (Å²) in [5.41, 5.74) is 0.747. The summed E-state index contributed by atoms with van der Waals surface area (Å²) in [6.45, 7) is 2.16. The molecular formula is C21H23NO7S. The van der Waals surface area contributed by atoms with E-state index in [4.69, 9.17) is 14.2 Å². The standard InChI is InChI=1S/C21H23NO7S/c1-5-29-18-11-13(9-10-16(18)27-2)15(12-30(4,25)26)22-20(23)14-7-6-8-17(28-3)19(14)21(22)24/h6-11,15H,5,12H2,1-4H3. The molecule has 160 valence electrons. The number of carbonyl (C=O) groups excluding carboxylic acids is 2. The van der Waals surface area contributed by atoms with Crippen molar-refractivity contribution in [2.45, 2.75) is 13.0 Å². The molecule has 0 aliphatic carbocycles. The molecule has 1 heterocycles. The second-order valence-electron chi connectivity index (χ2n) is 6.81. The van der Waals surface area contributed by atoms with Crippen molar-refractivity contribution in [2.24, 2.45) is 0 Å². The zero-order valence-corrected chi connectivity index (χ0v) is 18.0. The first kappa shape index (κ1) is 21.6. The number of carbonyl (C=O) groups is 2. The topological polar surface area (TPSA) is 99.2 Å². The van der Waals surface area contributed by atoms with E-state index < -0.39 is 33.4 Å². The molecule has 0 radical (unpaired) electrons. The molecule has 0 spiro atoms. The van der Waals surface area contributed by atoms with Crippen molar-refractivity contribution in [3.05, 3.63) is 53.1 Å². The van der Waals surface area contributed by atoms with Crippen molar-refractivity contribution in [1.82, 2.24) is 4.90 Å². The smallest absolute Gasteiger partial charge is 0.265 e. The minimum absolute atomic E-state index is 0.127. The zero-order valence-electron chi connectivity index (χ0n) is 17.2. The molecule has 2 amide bonds. The van der Waals surface area contributed by atoms with Gasteiger partial charge in [0.15, 0.2) is 11.5 Å². The first-order chi connectivity index (χ1) is 14.2. The first-order valence-electron chi connectivity index (χ1n) is 9.25. The number of hydrogen-bond acceptors (Lipinski definition) is 7. The third kappa shape index (κ3) is 3.97. The number of imide groups is 1. The predicted octanol–water partition coefficient (Wildman–Crippen LogP) is 2.48. The van der Waals surface area contributed by atoms with E-state index in [0.29, 0.717) is 23.7 Å². The van der Waals surface area contributed by atoms with Gasteiger partial charge in [-0.15, -0.1) is 0 Å². The van der Waals surface area contributed by atoms with Crippen LogP contribution in [0.2, 0.25) is 0 Å². The maximum atomic E-state index is 13.2. The summed E-state index contributed by atoms with van der Waals surface area (Å²) >= 11 is 0. The van der Waals surface area contributed by atoms with E-state index >= 15 is 0 Å². The Labute approximate surface area is 175 Å². The van der Waals surface area contributed by atoms with Crippen LogP contribution in [-0.2, 0) is 9.84 Å². The summed E-state index contributed by atoms with van der Waals surface area (Å²) in [5.74, 6) is -0.492. The Hall–Kier alpha value is -3.07. The van der Waals surface area contributed by atoms with Gasteiger partial charge in [-0.2, -0.15) is 0 Å². The highest BCUT2D eigenvalue weighted by Gasteiger charge is 2.43. The van der Waals surface area contributed by atoms with Crippen LogP contribution >= 0.6 is 0 Å². The number of methoxy groups -OCH3 is 2. The van der Waals surface area contributed by atoms with Gasteiger partial charge >= 0.3 is 0 Å². The minimum atomic E-state index is -3.55. The summed E-state index contributed by atoms with van der Waals surface area (Å²) in [5, 5.41) is 0. The summed E-state index contributed by atoms with van der Waals surface area (Å²) in [6, 6.07) is 8.51. The molecule has 0 aromatic heterocycles. The normalized spacial score (nSPS) is 14.5. The monoisotopic (exact) mass is 433 g/mol. The lowest BCUT2D eigenvalue weighted by molar-refractivity contribution is 0.0596. The molecule has 1 aliphatic heterocycles. The quantitative estimate of drug-likeness (QED) is 0.590. The van der Waals surface area contributed by atoms with E-state index in [9.17, 15) is 18.0 Å². The highest BCUT2D eigenvalue weighted by Crippen LogP contribution is 2.38. The molecule has 3 rings (SSSR count). The van der Waals surface area contributed by atoms with Gasteiger partial charge in [0.1, 0.15) is 15.6 Å². The zero-order chi connectivity index (χ0) is 22.1. The number of fused-ring (bicyclic) bond motifs is 1. The van der Waals surface area contributed by atoms with Crippen LogP contribution in [0.3, 0.4) is 0 Å². The van der Waals surface area contributed by atoms with Crippen LogP contribution in [0.4, 0.5) is 0 Å². The van der Waals surface area contributed by atoms with E-state index in [1.54, 1.807) is 37.3 Å². The molecule has 9 heteroatoms. The van der Waals surface area contributed by atoms with Gasteiger partial charge in [0.25, 0.3) is 11.8 Å². The number of sulfone groups is 1. The third-order valence-electron chi connectivity index (χ3n) is 4.77. The molecule has 2 aromatic carbocycles. The Bertz CT molecular complexity index is 1090. The van der Waals surface area contributed by atoms with E-state index in [2.05, 4.69) is 0 Å². The molecule has 0 fully saturated rings. The molecule has 1 aliphatic rings. The Kier molecular flexibility index (Phi) is 6.02. The first-order valence-corrected chi connectivity index (χ1v) is 11.3. The van der Waals surface area contributed by atoms with E-state index in [1.807, 2.05) is 0 Å². The fourth-order valence-electron chi connectivity index (χ4n) is 3.50. The highest BCUT2D eigenvalue weighted by atomic mass is 32.2. The molecule has 30 heavy (non-hydrogen) atoms. The lowest BCUT2D eigenvalue weighted by Crippen LogP contribution is -2.37. The Morgan fingerprint density at radius 2 is 1.67 bits per heavy atom. The SMILES string of the molecule is CCOc1cc(C(CS(C)(=O)=O)N2C(=O)c3cccc(OC)c3C2=O)ccc1OC. The third-order valence-corrected chi connectivity index (χ3v) is 5.69. The van der Waals surface area contributed by atoms with Crippen molar-refractivity contribution in [1.29, 1.82) is 0 Å². The average Bonchev–Trinajstić information content (AvgIpc) is 2.96. The van der Waals surface area contributed by atoms with Crippen LogP contribution in [0.5, 0.6) is 17.2 Å². The van der Waals surface area contributed by atoms with Gasteiger partial charge in [0.05, 0.1) is 43.7 Å². The second kappa shape index (κ2) is 8.35. The van der Waals surface area contributed by atoms with Crippen LogP contribution < -0.4 is 14.2 Å². The molecule has 2 aromatic rings. The maximum absolute atomic E-state index is 13.2. The molecule has 0 bridgehead atoms. The van der Waals surface area contributed by atoms with Gasteiger partial charge in [-0.25, -0.2) is 8.42 Å². The fraction of sp³-hybridized carbons (Fsp3) is 0.333. The van der Waals surface area contributed by atoms with Gasteiger partial charge in [0, 0.05) is 6.26 Å². The lowest BCUT2D eigenvalue weighted by atomic mass is 10.1. The van der Waals surface area contributed by atoms with Crippen LogP contribution in [0.15, 0.2) is 36.4 Å². The molecule has 1 unspecified atom stereocenters. The van der Waals surface area contributed by atoms with Crippen molar-refractivity contribution in [3.8, 4) is 17.2 Å². The summed E-state index contributed by atoms with van der Waals surface area (Å²) in [4.78, 5) is 27.3. The van der Waals surface area contributed by atoms with Gasteiger partial charge < -0.3 is 14.2 Å². The van der Waals surface area contributed by atoms with Gasteiger partial charge in [-0.05, 0) is 36.8 Å². The summed E-state index contributed by atoms with van der Waals surface area (Å²) in [7, 11) is -0.656. The molecule has 0 N–H and O–H groups in total. The predicted molar refractivity (Wildman–Crippen MR) is 110 cm³/mol. The molecular weight excluding hydrogens is 410 g/mol. The second-order valence-corrected chi connectivity index (χ2v) is 9.00. The number of benzene rings is 2. The Morgan fingerprint density at radius 3 is 2.27 bits per heavy atom. The minimum Gasteiger partial charge on any atom is -0.496 e. The van der Waals surface area contributed by atoms with Crippen LogP contribution in [0.1, 0.15) is 39.2 Å². The molecule has 0 saturated carbocycles. The van der Waals surface area contributed by atoms with Crippen molar-refractivity contribution in [2.75, 3.05) is 32.8 Å². The van der Waals surface area contributed by atoms with E-state index in [0.717, 1.165) is 11.2 Å².